The molecule has 0 saturated heterocycles. The van der Waals surface area contributed by atoms with Crippen LogP contribution in [-0.2, 0) is 0 Å². The van der Waals surface area contributed by atoms with Crippen molar-refractivity contribution in [2.45, 2.75) is 0 Å². The number of nitro benzene ring substituents is 1. The zero-order chi connectivity index (χ0) is 13.8. The van der Waals surface area contributed by atoms with Crippen LogP contribution in [-0.4, -0.2) is 12.0 Å². The van der Waals surface area contributed by atoms with Crippen molar-refractivity contribution in [3.8, 4) is 0 Å². The van der Waals surface area contributed by atoms with Crippen molar-refractivity contribution in [3.05, 3.63) is 58.4 Å². The van der Waals surface area contributed by atoms with Crippen LogP contribution in [0.1, 0.15) is 0 Å². The van der Waals surface area contributed by atoms with Gasteiger partial charge in [-0.25, -0.2) is 4.39 Å². The number of halogens is 1. The summed E-state index contributed by atoms with van der Waals surface area (Å²) in [6, 6.07) is 10.5. The smallest absolute Gasteiger partial charge is 0.315 e. The van der Waals surface area contributed by atoms with Crippen LogP contribution >= 0.6 is 0 Å². The Hall–Kier alpha value is -2.63. The summed E-state index contributed by atoms with van der Waals surface area (Å²) in [5.74, 6) is -0.357. The lowest BCUT2D eigenvalue weighted by Crippen LogP contribution is -2.01. The first-order valence-electron chi connectivity index (χ1n) is 5.59. The van der Waals surface area contributed by atoms with Crippen molar-refractivity contribution >= 4 is 22.7 Å². The van der Waals surface area contributed by atoms with Crippen LogP contribution in [0.4, 0.5) is 27.1 Å². The van der Waals surface area contributed by atoms with E-state index in [4.69, 9.17) is 0 Å². The van der Waals surface area contributed by atoms with Gasteiger partial charge in [-0.1, -0.05) is 6.07 Å². The van der Waals surface area contributed by atoms with Crippen LogP contribution in [0.15, 0.2) is 42.5 Å². The topological polar surface area (TPSA) is 67.2 Å². The van der Waals surface area contributed by atoms with Gasteiger partial charge >= 0.3 is 5.69 Å². The second-order valence-corrected chi connectivity index (χ2v) is 3.84. The number of nitrogens with zero attached hydrogens (tertiary/aromatic N) is 1. The van der Waals surface area contributed by atoms with Crippen molar-refractivity contribution in [2.24, 2.45) is 0 Å². The highest BCUT2D eigenvalue weighted by Gasteiger charge is 2.18. The number of para-hydroxylation sites is 1. The van der Waals surface area contributed by atoms with Gasteiger partial charge in [-0.2, -0.15) is 0 Å². The fourth-order valence-corrected chi connectivity index (χ4v) is 1.73. The van der Waals surface area contributed by atoms with Crippen molar-refractivity contribution in [1.82, 2.24) is 0 Å². The van der Waals surface area contributed by atoms with Gasteiger partial charge in [0.1, 0.15) is 17.2 Å². The third-order valence-corrected chi connectivity index (χ3v) is 2.61. The number of hydrogen-bond acceptors (Lipinski definition) is 4. The molecule has 0 bridgehead atoms. The summed E-state index contributed by atoms with van der Waals surface area (Å²) in [7, 11) is 1.62. The predicted molar refractivity (Wildman–Crippen MR) is 72.3 cm³/mol. The Morgan fingerprint density at radius 3 is 2.32 bits per heavy atom. The normalized spacial score (nSPS) is 10.0. The maximum absolute atomic E-state index is 12.8. The molecule has 0 aliphatic rings. The fourth-order valence-electron chi connectivity index (χ4n) is 1.73. The number of benzene rings is 2. The van der Waals surface area contributed by atoms with Crippen molar-refractivity contribution in [2.75, 3.05) is 17.7 Å². The Kier molecular flexibility index (Phi) is 3.61. The molecule has 0 aromatic heterocycles. The lowest BCUT2D eigenvalue weighted by molar-refractivity contribution is -0.383. The van der Waals surface area contributed by atoms with E-state index in [2.05, 4.69) is 10.6 Å². The summed E-state index contributed by atoms with van der Waals surface area (Å²) < 4.78 is 12.8. The minimum absolute atomic E-state index is 0.0469. The van der Waals surface area contributed by atoms with E-state index >= 15 is 0 Å². The van der Waals surface area contributed by atoms with Gasteiger partial charge in [0.25, 0.3) is 0 Å². The molecule has 0 aliphatic carbocycles. The monoisotopic (exact) mass is 261 g/mol. The Morgan fingerprint density at radius 2 is 1.74 bits per heavy atom. The molecular formula is C13H12FN3O2. The molecule has 0 fully saturated rings. The third-order valence-electron chi connectivity index (χ3n) is 2.61. The van der Waals surface area contributed by atoms with Gasteiger partial charge in [-0.3, -0.25) is 10.1 Å². The molecule has 2 aromatic rings. The van der Waals surface area contributed by atoms with Gasteiger partial charge in [0.2, 0.25) is 0 Å². The largest absolute Gasteiger partial charge is 0.382 e. The van der Waals surface area contributed by atoms with Crippen LogP contribution in [0.25, 0.3) is 0 Å². The average Bonchev–Trinajstić information content (AvgIpc) is 2.40. The molecule has 6 heteroatoms. The predicted octanol–water partition coefficient (Wildman–Crippen LogP) is 3.52. The summed E-state index contributed by atoms with van der Waals surface area (Å²) in [5.41, 5.74) is 1.30. The second kappa shape index (κ2) is 5.34. The first-order chi connectivity index (χ1) is 9.11. The van der Waals surface area contributed by atoms with Gasteiger partial charge in [-0.15, -0.1) is 0 Å². The van der Waals surface area contributed by atoms with Gasteiger partial charge < -0.3 is 10.6 Å². The molecule has 0 saturated carbocycles. The first-order valence-corrected chi connectivity index (χ1v) is 5.59. The molecule has 19 heavy (non-hydrogen) atoms. The number of rotatable bonds is 4. The van der Waals surface area contributed by atoms with Gasteiger partial charge in [0.05, 0.1) is 4.92 Å². The van der Waals surface area contributed by atoms with Crippen molar-refractivity contribution < 1.29 is 9.31 Å². The van der Waals surface area contributed by atoms with E-state index in [0.29, 0.717) is 17.1 Å². The van der Waals surface area contributed by atoms with Crippen molar-refractivity contribution in [1.29, 1.82) is 0 Å². The molecule has 5 nitrogen and oxygen atoms in total. The second-order valence-electron chi connectivity index (χ2n) is 3.84. The first kappa shape index (κ1) is 12.8. The number of nitrogens with one attached hydrogen (secondary N) is 2. The average molecular weight is 261 g/mol. The lowest BCUT2D eigenvalue weighted by Gasteiger charge is -2.09. The highest BCUT2D eigenvalue weighted by atomic mass is 19.1. The van der Waals surface area contributed by atoms with E-state index in [1.165, 1.54) is 24.3 Å². The van der Waals surface area contributed by atoms with Crippen LogP contribution in [0.2, 0.25) is 0 Å². The van der Waals surface area contributed by atoms with Crippen LogP contribution in [0.3, 0.4) is 0 Å². The molecule has 0 amide bonds. The zero-order valence-corrected chi connectivity index (χ0v) is 10.2. The molecule has 0 atom stereocenters. The Morgan fingerprint density at radius 1 is 1.11 bits per heavy atom. The number of nitro groups is 1. The minimum atomic E-state index is -0.461. The molecule has 2 aromatic carbocycles. The Labute approximate surface area is 109 Å². The third kappa shape index (κ3) is 2.79. The summed E-state index contributed by atoms with van der Waals surface area (Å²) in [6.07, 6.45) is 0. The zero-order valence-electron chi connectivity index (χ0n) is 10.2. The quantitative estimate of drug-likeness (QED) is 0.652. The molecule has 2 rings (SSSR count). The number of anilines is 3. The molecule has 98 valence electrons. The van der Waals surface area contributed by atoms with E-state index in [-0.39, 0.29) is 11.5 Å². The lowest BCUT2D eigenvalue weighted by atomic mass is 10.2. The molecule has 0 aliphatic heterocycles. The van der Waals surface area contributed by atoms with Gasteiger partial charge in [0, 0.05) is 12.7 Å². The summed E-state index contributed by atoms with van der Waals surface area (Å²) in [4.78, 5) is 10.7. The van der Waals surface area contributed by atoms with Crippen molar-refractivity contribution in [3.63, 3.8) is 0 Å². The SMILES string of the molecule is CNc1cccc(Nc2ccc(F)cc2)c1[N+](=O)[O-]. The maximum atomic E-state index is 12.8. The van der Waals surface area contributed by atoms with Crippen LogP contribution in [0, 0.1) is 15.9 Å². The Balaban J connectivity index is 2.39. The highest BCUT2D eigenvalue weighted by molar-refractivity contribution is 5.79. The van der Waals surface area contributed by atoms with Crippen LogP contribution in [0.5, 0.6) is 0 Å². The molecule has 0 unspecified atom stereocenters. The van der Waals surface area contributed by atoms with Gasteiger partial charge in [-0.05, 0) is 36.4 Å². The standard InChI is InChI=1S/C13H12FN3O2/c1-15-11-3-2-4-12(13(11)17(18)19)16-10-7-5-9(14)6-8-10/h2-8,15-16H,1H3. The molecule has 0 radical (unpaired) electrons. The van der Waals surface area contributed by atoms with E-state index in [9.17, 15) is 14.5 Å². The van der Waals surface area contributed by atoms with E-state index < -0.39 is 4.92 Å². The van der Waals surface area contributed by atoms with Gasteiger partial charge in [0.15, 0.2) is 0 Å². The summed E-state index contributed by atoms with van der Waals surface area (Å²) in [5, 5.41) is 16.8. The Bertz CT molecular complexity index is 599. The highest BCUT2D eigenvalue weighted by Crippen LogP contribution is 2.34. The minimum Gasteiger partial charge on any atom is -0.382 e. The molecule has 2 N–H and O–H groups in total. The summed E-state index contributed by atoms with van der Waals surface area (Å²) >= 11 is 0. The molecular weight excluding hydrogens is 249 g/mol. The maximum Gasteiger partial charge on any atom is 0.315 e. The van der Waals surface area contributed by atoms with E-state index in [1.807, 2.05) is 0 Å². The number of hydrogen-bond donors (Lipinski definition) is 2. The summed E-state index contributed by atoms with van der Waals surface area (Å²) in [6.45, 7) is 0. The van der Waals surface area contributed by atoms with Crippen LogP contribution < -0.4 is 10.6 Å². The molecule has 0 spiro atoms. The van der Waals surface area contributed by atoms with E-state index in [0.717, 1.165) is 0 Å². The van der Waals surface area contributed by atoms with E-state index in [1.54, 1.807) is 25.2 Å². The molecule has 0 heterocycles. The fraction of sp³-hybridized carbons (Fsp3) is 0.0769.